The standard InChI is InChI=1S/C25H31N3O2S/c1-18(20-7-5-4-6-8-20)28-13-14-30-23-15-21(17-26-24(23)28)25(29-2)27-16-19-9-11-22(31-3)12-10-19/h4-12,15,17-18,24-27H,13-14,16H2,1-3H3. The van der Waals surface area contributed by atoms with Crippen LogP contribution < -0.4 is 10.6 Å². The van der Waals surface area contributed by atoms with Gasteiger partial charge in [0.05, 0.1) is 0 Å². The van der Waals surface area contributed by atoms with Gasteiger partial charge in [0, 0.05) is 42.9 Å². The Kier molecular flexibility index (Phi) is 7.35. The summed E-state index contributed by atoms with van der Waals surface area (Å²) >= 11 is 1.75. The summed E-state index contributed by atoms with van der Waals surface area (Å²) in [5.74, 6) is 0.944. The Morgan fingerprint density at radius 3 is 2.68 bits per heavy atom. The van der Waals surface area contributed by atoms with Crippen molar-refractivity contribution < 1.29 is 9.47 Å². The first-order chi connectivity index (χ1) is 15.2. The van der Waals surface area contributed by atoms with Crippen LogP contribution in [0.5, 0.6) is 0 Å². The van der Waals surface area contributed by atoms with E-state index in [4.69, 9.17) is 9.47 Å². The number of ether oxygens (including phenoxy) is 2. The first kappa shape index (κ1) is 22.0. The zero-order valence-corrected chi connectivity index (χ0v) is 19.2. The lowest BCUT2D eigenvalue weighted by molar-refractivity contribution is 0.0129. The number of thioether (sulfide) groups is 1. The van der Waals surface area contributed by atoms with Crippen molar-refractivity contribution in [3.8, 4) is 0 Å². The lowest BCUT2D eigenvalue weighted by Crippen LogP contribution is -2.53. The van der Waals surface area contributed by atoms with Gasteiger partial charge < -0.3 is 14.8 Å². The Labute approximate surface area is 189 Å². The molecule has 0 bridgehead atoms. The van der Waals surface area contributed by atoms with E-state index in [9.17, 15) is 0 Å². The van der Waals surface area contributed by atoms with Crippen LogP contribution in [0.3, 0.4) is 0 Å². The molecule has 2 aliphatic heterocycles. The smallest absolute Gasteiger partial charge is 0.139 e. The second-order valence-electron chi connectivity index (χ2n) is 7.78. The second-order valence-corrected chi connectivity index (χ2v) is 8.66. The molecular weight excluding hydrogens is 406 g/mol. The van der Waals surface area contributed by atoms with E-state index in [2.05, 4.69) is 89.4 Å². The van der Waals surface area contributed by atoms with Gasteiger partial charge in [-0.3, -0.25) is 10.2 Å². The van der Waals surface area contributed by atoms with Crippen LogP contribution in [-0.2, 0) is 16.0 Å². The van der Waals surface area contributed by atoms with E-state index in [-0.39, 0.29) is 12.4 Å². The summed E-state index contributed by atoms with van der Waals surface area (Å²) in [4.78, 5) is 3.71. The lowest BCUT2D eigenvalue weighted by atomic mass is 10.0. The van der Waals surface area contributed by atoms with E-state index >= 15 is 0 Å². The molecule has 1 saturated heterocycles. The third-order valence-corrected chi connectivity index (χ3v) is 6.65. The molecule has 2 aromatic rings. The van der Waals surface area contributed by atoms with Gasteiger partial charge in [0.2, 0.25) is 0 Å². The van der Waals surface area contributed by atoms with Crippen molar-refractivity contribution in [3.63, 3.8) is 0 Å². The van der Waals surface area contributed by atoms with E-state index < -0.39 is 0 Å². The largest absolute Gasteiger partial charge is 0.493 e. The summed E-state index contributed by atoms with van der Waals surface area (Å²) in [5.41, 5.74) is 3.57. The van der Waals surface area contributed by atoms with Crippen LogP contribution in [0.4, 0.5) is 0 Å². The predicted molar refractivity (Wildman–Crippen MR) is 126 cm³/mol. The molecule has 31 heavy (non-hydrogen) atoms. The van der Waals surface area contributed by atoms with Crippen molar-refractivity contribution in [2.24, 2.45) is 0 Å². The fraction of sp³-hybridized carbons (Fsp3) is 0.360. The van der Waals surface area contributed by atoms with Crippen LogP contribution in [-0.4, -0.2) is 43.8 Å². The van der Waals surface area contributed by atoms with Gasteiger partial charge in [0.25, 0.3) is 0 Å². The molecule has 0 amide bonds. The fourth-order valence-corrected chi connectivity index (χ4v) is 4.51. The van der Waals surface area contributed by atoms with Crippen LogP contribution in [0.15, 0.2) is 83.1 Å². The van der Waals surface area contributed by atoms with Crippen molar-refractivity contribution in [1.82, 2.24) is 15.5 Å². The van der Waals surface area contributed by atoms with Crippen molar-refractivity contribution in [2.45, 2.75) is 36.8 Å². The first-order valence-corrected chi connectivity index (χ1v) is 11.9. The summed E-state index contributed by atoms with van der Waals surface area (Å²) in [6.07, 6.45) is 6.07. The van der Waals surface area contributed by atoms with Gasteiger partial charge in [-0.2, -0.15) is 0 Å². The number of nitrogens with one attached hydrogen (secondary N) is 2. The number of fused-ring (bicyclic) bond motifs is 1. The number of hydrogen-bond donors (Lipinski definition) is 2. The molecule has 2 aliphatic rings. The molecule has 0 saturated carbocycles. The van der Waals surface area contributed by atoms with Gasteiger partial charge in [-0.05, 0) is 42.5 Å². The maximum atomic E-state index is 6.04. The minimum Gasteiger partial charge on any atom is -0.493 e. The van der Waals surface area contributed by atoms with E-state index in [1.54, 1.807) is 18.9 Å². The summed E-state index contributed by atoms with van der Waals surface area (Å²) in [7, 11) is 1.73. The summed E-state index contributed by atoms with van der Waals surface area (Å²) < 4.78 is 11.8. The third-order valence-electron chi connectivity index (χ3n) is 5.90. The highest BCUT2D eigenvalue weighted by Gasteiger charge is 2.34. The molecule has 0 radical (unpaired) electrons. The van der Waals surface area contributed by atoms with Crippen molar-refractivity contribution in [2.75, 3.05) is 26.5 Å². The average Bonchev–Trinajstić information content (AvgIpc) is 2.84. The van der Waals surface area contributed by atoms with Gasteiger partial charge >= 0.3 is 0 Å². The zero-order chi connectivity index (χ0) is 21.6. The molecule has 0 spiro atoms. The highest BCUT2D eigenvalue weighted by atomic mass is 32.2. The van der Waals surface area contributed by atoms with E-state index in [0.717, 1.165) is 24.4 Å². The van der Waals surface area contributed by atoms with Crippen molar-refractivity contribution >= 4 is 11.8 Å². The van der Waals surface area contributed by atoms with Gasteiger partial charge in [-0.1, -0.05) is 42.5 Å². The molecule has 2 aromatic carbocycles. The van der Waals surface area contributed by atoms with Gasteiger partial charge in [0.15, 0.2) is 0 Å². The Hall–Kier alpha value is -2.25. The monoisotopic (exact) mass is 437 g/mol. The minimum absolute atomic E-state index is 0.0318. The average molecular weight is 438 g/mol. The first-order valence-electron chi connectivity index (χ1n) is 10.7. The number of rotatable bonds is 8. The number of benzene rings is 2. The topological polar surface area (TPSA) is 45.8 Å². The molecule has 164 valence electrons. The fourth-order valence-electron chi connectivity index (χ4n) is 4.10. The molecule has 0 aromatic heterocycles. The summed E-state index contributed by atoms with van der Waals surface area (Å²) in [6, 6.07) is 19.5. The highest BCUT2D eigenvalue weighted by molar-refractivity contribution is 7.98. The maximum absolute atomic E-state index is 6.04. The highest BCUT2D eigenvalue weighted by Crippen LogP contribution is 2.30. The Morgan fingerprint density at radius 2 is 1.97 bits per heavy atom. The van der Waals surface area contributed by atoms with Crippen LogP contribution >= 0.6 is 11.8 Å². The van der Waals surface area contributed by atoms with Gasteiger partial charge in [-0.25, -0.2) is 0 Å². The molecule has 2 N–H and O–H groups in total. The number of nitrogens with zero attached hydrogens (tertiary/aromatic N) is 1. The van der Waals surface area contributed by atoms with Crippen molar-refractivity contribution in [3.05, 3.63) is 89.3 Å². The normalized spacial score (nSPS) is 20.5. The van der Waals surface area contributed by atoms with E-state index in [0.29, 0.717) is 12.6 Å². The molecular formula is C25H31N3O2S. The van der Waals surface area contributed by atoms with Crippen LogP contribution in [0.25, 0.3) is 0 Å². The van der Waals surface area contributed by atoms with Crippen molar-refractivity contribution in [1.29, 1.82) is 0 Å². The van der Waals surface area contributed by atoms with Crippen LogP contribution in [0, 0.1) is 0 Å². The Balaban J connectivity index is 1.42. The predicted octanol–water partition coefficient (Wildman–Crippen LogP) is 4.26. The quantitative estimate of drug-likeness (QED) is 0.475. The maximum Gasteiger partial charge on any atom is 0.139 e. The third kappa shape index (κ3) is 5.15. The number of hydrogen-bond acceptors (Lipinski definition) is 6. The molecule has 1 fully saturated rings. The zero-order valence-electron chi connectivity index (χ0n) is 18.4. The number of methoxy groups -OCH3 is 1. The molecule has 6 heteroatoms. The number of dihydropyridines is 1. The minimum atomic E-state index is -0.216. The molecule has 2 heterocycles. The lowest BCUT2D eigenvalue weighted by Gasteiger charge is -2.43. The van der Waals surface area contributed by atoms with E-state index in [1.807, 2.05) is 6.20 Å². The second kappa shape index (κ2) is 10.4. The number of morpholine rings is 1. The Bertz CT molecular complexity index is 914. The molecule has 0 aliphatic carbocycles. The molecule has 3 atom stereocenters. The SMILES string of the molecule is COC(NCc1ccc(SC)cc1)C1=CNC2C(=C1)OCCN2C(C)c1ccccc1. The molecule has 3 unspecified atom stereocenters. The molecule has 4 rings (SSSR count). The van der Waals surface area contributed by atoms with Gasteiger partial charge in [0.1, 0.15) is 24.8 Å². The summed E-state index contributed by atoms with van der Waals surface area (Å²) in [6.45, 7) is 4.55. The van der Waals surface area contributed by atoms with E-state index in [1.165, 1.54) is 16.0 Å². The van der Waals surface area contributed by atoms with Gasteiger partial charge in [-0.15, -0.1) is 11.8 Å². The Morgan fingerprint density at radius 1 is 1.19 bits per heavy atom. The van der Waals surface area contributed by atoms with Crippen LogP contribution in [0.1, 0.15) is 24.1 Å². The van der Waals surface area contributed by atoms with Crippen LogP contribution in [0.2, 0.25) is 0 Å². The molecule has 5 nitrogen and oxygen atoms in total. The summed E-state index contributed by atoms with van der Waals surface area (Å²) in [5, 5.41) is 7.04.